The normalized spacial score (nSPS) is 12.7. The van der Waals surface area contributed by atoms with Gasteiger partial charge >= 0.3 is 0 Å². The molecule has 1 atom stereocenters. The van der Waals surface area contributed by atoms with E-state index < -0.39 is 0 Å². The molecular weight excluding hydrogens is 228 g/mol. The molecule has 1 aromatic heterocycles. The van der Waals surface area contributed by atoms with E-state index >= 15 is 0 Å². The third-order valence-corrected chi connectivity index (χ3v) is 3.19. The molecule has 1 N–H and O–H groups in total. The lowest BCUT2D eigenvalue weighted by molar-refractivity contribution is 0.0953. The zero-order valence-electron chi connectivity index (χ0n) is 11.6. The molecule has 0 spiro atoms. The summed E-state index contributed by atoms with van der Waals surface area (Å²) < 4.78 is 5.06. The summed E-state index contributed by atoms with van der Waals surface area (Å²) in [5.74, 6) is 0.913. The maximum Gasteiger partial charge on any atom is 0.216 e. The van der Waals surface area contributed by atoms with Gasteiger partial charge in [-0.1, -0.05) is 26.7 Å². The van der Waals surface area contributed by atoms with E-state index in [2.05, 4.69) is 23.8 Å². The lowest BCUT2D eigenvalue weighted by Crippen LogP contribution is -2.23. The van der Waals surface area contributed by atoms with Gasteiger partial charge in [-0.25, -0.2) is 9.97 Å². The minimum atomic E-state index is -0.329. The quantitative estimate of drug-likeness (QED) is 0.772. The van der Waals surface area contributed by atoms with Gasteiger partial charge in [0.05, 0.1) is 18.9 Å². The third-order valence-electron chi connectivity index (χ3n) is 3.19. The van der Waals surface area contributed by atoms with E-state index in [0.29, 0.717) is 18.2 Å². The predicted molar refractivity (Wildman–Crippen MR) is 71.6 cm³/mol. The Balaban J connectivity index is 2.62. The Morgan fingerprint density at radius 2 is 1.89 bits per heavy atom. The second-order valence-electron chi connectivity index (χ2n) is 4.66. The number of hydrogen-bond donors (Lipinski definition) is 1. The molecule has 0 aliphatic rings. The van der Waals surface area contributed by atoms with Crippen LogP contribution in [0.1, 0.15) is 45.2 Å². The van der Waals surface area contributed by atoms with E-state index in [1.807, 2.05) is 0 Å². The van der Waals surface area contributed by atoms with Crippen LogP contribution >= 0.6 is 0 Å². The van der Waals surface area contributed by atoms with Crippen LogP contribution in [0, 0.1) is 5.92 Å². The van der Waals surface area contributed by atoms with Crippen LogP contribution in [-0.2, 0) is 6.42 Å². The summed E-state index contributed by atoms with van der Waals surface area (Å²) in [4.78, 5) is 8.15. The van der Waals surface area contributed by atoms with Crippen molar-refractivity contribution in [1.82, 2.24) is 9.97 Å². The molecule has 0 amide bonds. The van der Waals surface area contributed by atoms with Crippen molar-refractivity contribution in [3.05, 3.63) is 18.1 Å². The van der Waals surface area contributed by atoms with Gasteiger partial charge in [0.25, 0.3) is 0 Å². The van der Waals surface area contributed by atoms with Gasteiger partial charge in [0.1, 0.15) is 6.33 Å². The highest BCUT2D eigenvalue weighted by Crippen LogP contribution is 2.21. The lowest BCUT2D eigenvalue weighted by atomic mass is 9.90. The second-order valence-corrected chi connectivity index (χ2v) is 4.66. The maximum atomic E-state index is 10.3. The molecule has 4 heteroatoms. The van der Waals surface area contributed by atoms with E-state index in [0.717, 1.165) is 31.4 Å². The number of aliphatic hydroxyl groups excluding tert-OH is 1. The molecule has 1 aromatic rings. The molecule has 0 saturated heterocycles. The summed E-state index contributed by atoms with van der Waals surface area (Å²) in [6.45, 7) is 4.31. The summed E-state index contributed by atoms with van der Waals surface area (Å²) in [7, 11) is 1.58. The Labute approximate surface area is 109 Å². The van der Waals surface area contributed by atoms with Gasteiger partial charge in [-0.05, 0) is 18.8 Å². The summed E-state index contributed by atoms with van der Waals surface area (Å²) in [6.07, 6.45) is 6.07. The van der Waals surface area contributed by atoms with E-state index in [1.54, 1.807) is 13.2 Å². The highest BCUT2D eigenvalue weighted by atomic mass is 16.5. The fraction of sp³-hybridized carbons (Fsp3) is 0.714. The first-order chi connectivity index (χ1) is 8.71. The number of methoxy groups -OCH3 is 1. The fourth-order valence-corrected chi connectivity index (χ4v) is 2.25. The summed E-state index contributed by atoms with van der Waals surface area (Å²) in [5, 5.41) is 10.3. The summed E-state index contributed by atoms with van der Waals surface area (Å²) in [6, 6.07) is 1.79. The number of aromatic nitrogens is 2. The van der Waals surface area contributed by atoms with Gasteiger partial charge in [-0.15, -0.1) is 0 Å². The molecule has 0 aromatic carbocycles. The molecule has 0 fully saturated rings. The summed E-state index contributed by atoms with van der Waals surface area (Å²) in [5.41, 5.74) is 0.839. The first-order valence-electron chi connectivity index (χ1n) is 6.74. The van der Waals surface area contributed by atoms with Gasteiger partial charge in [0.15, 0.2) is 0 Å². The van der Waals surface area contributed by atoms with E-state index in [-0.39, 0.29) is 6.10 Å². The molecule has 0 bridgehead atoms. The largest absolute Gasteiger partial charge is 0.481 e. The number of aliphatic hydroxyl groups is 1. The molecule has 0 radical (unpaired) electrons. The van der Waals surface area contributed by atoms with E-state index in [4.69, 9.17) is 4.74 Å². The van der Waals surface area contributed by atoms with Crippen LogP contribution in [0.5, 0.6) is 5.88 Å². The molecule has 0 saturated carbocycles. The van der Waals surface area contributed by atoms with Crippen LogP contribution in [0.4, 0.5) is 0 Å². The zero-order valence-corrected chi connectivity index (χ0v) is 11.6. The van der Waals surface area contributed by atoms with Crippen LogP contribution in [0.25, 0.3) is 0 Å². The summed E-state index contributed by atoms with van der Waals surface area (Å²) >= 11 is 0. The highest BCUT2D eigenvalue weighted by molar-refractivity contribution is 5.14. The lowest BCUT2D eigenvalue weighted by Gasteiger charge is -2.21. The number of ether oxygens (including phenoxy) is 1. The first kappa shape index (κ1) is 14.9. The Bertz CT molecular complexity index is 338. The molecule has 1 unspecified atom stereocenters. The maximum absolute atomic E-state index is 10.3. The van der Waals surface area contributed by atoms with E-state index in [9.17, 15) is 5.11 Å². The van der Waals surface area contributed by atoms with Gasteiger partial charge in [0, 0.05) is 12.5 Å². The van der Waals surface area contributed by atoms with Crippen molar-refractivity contribution in [3.63, 3.8) is 0 Å². The molecule has 0 aliphatic carbocycles. The molecule has 4 nitrogen and oxygen atoms in total. The Hall–Kier alpha value is -1.16. The SMILES string of the molecule is CCCC(CCC)C(O)Cc1cc(OC)ncn1. The average molecular weight is 252 g/mol. The Morgan fingerprint density at radius 1 is 1.22 bits per heavy atom. The van der Waals surface area contributed by atoms with Gasteiger partial charge in [0.2, 0.25) is 5.88 Å². The minimum absolute atomic E-state index is 0.329. The van der Waals surface area contributed by atoms with Crippen molar-refractivity contribution < 1.29 is 9.84 Å². The van der Waals surface area contributed by atoms with Crippen molar-refractivity contribution in [2.75, 3.05) is 7.11 Å². The standard InChI is InChI=1S/C14H24N2O2/c1-4-6-11(7-5-2)13(17)8-12-9-14(18-3)16-10-15-12/h9-11,13,17H,4-8H2,1-3H3. The fourth-order valence-electron chi connectivity index (χ4n) is 2.25. The van der Waals surface area contributed by atoms with Crippen LogP contribution in [0.3, 0.4) is 0 Å². The molecule has 1 heterocycles. The number of hydrogen-bond acceptors (Lipinski definition) is 4. The average Bonchev–Trinajstić information content (AvgIpc) is 2.38. The molecule has 102 valence electrons. The van der Waals surface area contributed by atoms with Crippen LogP contribution in [-0.4, -0.2) is 28.3 Å². The molecule has 0 aliphatic heterocycles. The van der Waals surface area contributed by atoms with Gasteiger partial charge in [-0.2, -0.15) is 0 Å². The number of nitrogens with zero attached hydrogens (tertiary/aromatic N) is 2. The van der Waals surface area contributed by atoms with E-state index in [1.165, 1.54) is 6.33 Å². The van der Waals surface area contributed by atoms with Crippen LogP contribution in [0.15, 0.2) is 12.4 Å². The smallest absolute Gasteiger partial charge is 0.216 e. The Kier molecular flexibility index (Phi) is 6.65. The van der Waals surface area contributed by atoms with Crippen molar-refractivity contribution >= 4 is 0 Å². The first-order valence-corrected chi connectivity index (χ1v) is 6.74. The van der Waals surface area contributed by atoms with Crippen molar-refractivity contribution in [2.45, 2.75) is 52.1 Å². The van der Waals surface area contributed by atoms with Crippen molar-refractivity contribution in [1.29, 1.82) is 0 Å². The monoisotopic (exact) mass is 252 g/mol. The van der Waals surface area contributed by atoms with Crippen molar-refractivity contribution in [2.24, 2.45) is 5.92 Å². The molecule has 18 heavy (non-hydrogen) atoms. The molecular formula is C14H24N2O2. The van der Waals surface area contributed by atoms with Gasteiger partial charge in [-0.3, -0.25) is 0 Å². The molecule has 1 rings (SSSR count). The predicted octanol–water partition coefficient (Wildman–Crippen LogP) is 2.61. The van der Waals surface area contributed by atoms with Crippen molar-refractivity contribution in [3.8, 4) is 5.88 Å². The van der Waals surface area contributed by atoms with Crippen LogP contribution < -0.4 is 4.74 Å². The zero-order chi connectivity index (χ0) is 13.4. The Morgan fingerprint density at radius 3 is 2.44 bits per heavy atom. The third kappa shape index (κ3) is 4.61. The minimum Gasteiger partial charge on any atom is -0.481 e. The second kappa shape index (κ2) is 8.03. The highest BCUT2D eigenvalue weighted by Gasteiger charge is 2.18. The van der Waals surface area contributed by atoms with Crippen LogP contribution in [0.2, 0.25) is 0 Å². The van der Waals surface area contributed by atoms with Gasteiger partial charge < -0.3 is 9.84 Å². The number of rotatable bonds is 8. The topological polar surface area (TPSA) is 55.2 Å².